The monoisotopic (exact) mass is 290 g/mol. The molecule has 1 rings (SSSR count). The highest BCUT2D eigenvalue weighted by Gasteiger charge is 2.33. The fraction of sp³-hybridized carbons (Fsp3) is 0.333. The highest BCUT2D eigenvalue weighted by molar-refractivity contribution is 6.29. The molecule has 0 aromatic carbocycles. The number of amides is 1. The smallest absolute Gasteiger partial charge is 0.355 e. The highest BCUT2D eigenvalue weighted by Crippen LogP contribution is 2.29. The predicted molar refractivity (Wildman–Crippen MR) is 64.4 cm³/mol. The summed E-state index contributed by atoms with van der Waals surface area (Å²) in [6.45, 7) is 1.71. The van der Waals surface area contributed by atoms with E-state index >= 15 is 0 Å². The Kier molecular flexibility index (Phi) is 5.19. The summed E-state index contributed by atoms with van der Waals surface area (Å²) < 4.78 is 37.4. The lowest BCUT2D eigenvalue weighted by molar-refractivity contribution is -0.141. The van der Waals surface area contributed by atoms with Gasteiger partial charge in [0, 0.05) is 25.5 Å². The zero-order chi connectivity index (χ0) is 14.5. The van der Waals surface area contributed by atoms with Crippen LogP contribution in [-0.4, -0.2) is 17.4 Å². The van der Waals surface area contributed by atoms with Gasteiger partial charge in [0.2, 0.25) is 5.91 Å². The second-order valence-corrected chi connectivity index (χ2v) is 3.98. The molecule has 7 heteroatoms. The number of carbonyl (C=O) groups is 1. The van der Waals surface area contributed by atoms with Crippen molar-refractivity contribution in [2.75, 3.05) is 6.54 Å². The van der Waals surface area contributed by atoms with Gasteiger partial charge in [0.15, 0.2) is 0 Å². The Bertz CT molecular complexity index is 532. The van der Waals surface area contributed by atoms with E-state index in [1.54, 1.807) is 0 Å². The van der Waals surface area contributed by atoms with Crippen LogP contribution in [0.15, 0.2) is 12.1 Å². The summed E-state index contributed by atoms with van der Waals surface area (Å²) in [5.41, 5.74) is -0.943. The van der Waals surface area contributed by atoms with E-state index in [1.807, 2.05) is 0 Å². The SMILES string of the molecule is CC(=O)NCCC#Cc1cc(Cl)nc(C(F)(F)F)c1. The lowest BCUT2D eigenvalue weighted by Gasteiger charge is -2.06. The molecule has 0 radical (unpaired) electrons. The van der Waals surface area contributed by atoms with Crippen molar-refractivity contribution in [3.8, 4) is 11.8 Å². The number of carbonyl (C=O) groups excluding carboxylic acids is 1. The van der Waals surface area contributed by atoms with E-state index in [9.17, 15) is 18.0 Å². The molecule has 0 atom stereocenters. The second kappa shape index (κ2) is 6.43. The zero-order valence-corrected chi connectivity index (χ0v) is 10.7. The van der Waals surface area contributed by atoms with Crippen LogP contribution in [0.5, 0.6) is 0 Å². The fourth-order valence-corrected chi connectivity index (χ4v) is 1.39. The first-order valence-corrected chi connectivity index (χ1v) is 5.65. The van der Waals surface area contributed by atoms with Gasteiger partial charge >= 0.3 is 6.18 Å². The van der Waals surface area contributed by atoms with Gasteiger partial charge in [-0.1, -0.05) is 23.4 Å². The van der Waals surface area contributed by atoms with Gasteiger partial charge < -0.3 is 5.32 Å². The van der Waals surface area contributed by atoms with Gasteiger partial charge in [-0.3, -0.25) is 4.79 Å². The maximum absolute atomic E-state index is 12.5. The Morgan fingerprint density at radius 1 is 1.47 bits per heavy atom. The minimum absolute atomic E-state index is 0.134. The first-order chi connectivity index (χ1) is 8.79. The fourth-order valence-electron chi connectivity index (χ4n) is 1.18. The minimum atomic E-state index is -4.56. The zero-order valence-electron chi connectivity index (χ0n) is 9.94. The number of alkyl halides is 3. The lowest BCUT2D eigenvalue weighted by atomic mass is 10.2. The molecule has 0 aliphatic carbocycles. The summed E-state index contributed by atoms with van der Waals surface area (Å²) >= 11 is 5.50. The van der Waals surface area contributed by atoms with Crippen molar-refractivity contribution in [1.82, 2.24) is 10.3 Å². The molecular formula is C12H10ClF3N2O. The molecule has 0 aliphatic rings. The number of halogens is 4. The minimum Gasteiger partial charge on any atom is -0.355 e. The van der Waals surface area contributed by atoms with Gasteiger partial charge in [0.1, 0.15) is 10.8 Å². The van der Waals surface area contributed by atoms with Crippen molar-refractivity contribution in [2.45, 2.75) is 19.5 Å². The largest absolute Gasteiger partial charge is 0.433 e. The topological polar surface area (TPSA) is 42.0 Å². The van der Waals surface area contributed by atoms with Gasteiger partial charge in [-0.2, -0.15) is 13.2 Å². The molecule has 19 heavy (non-hydrogen) atoms. The van der Waals surface area contributed by atoms with Crippen molar-refractivity contribution in [2.24, 2.45) is 0 Å². The van der Waals surface area contributed by atoms with Crippen LogP contribution in [0.1, 0.15) is 24.6 Å². The third-order valence-corrected chi connectivity index (χ3v) is 2.13. The van der Waals surface area contributed by atoms with Gasteiger partial charge in [0.05, 0.1) is 0 Å². The van der Waals surface area contributed by atoms with Crippen LogP contribution in [0, 0.1) is 11.8 Å². The molecule has 0 saturated carbocycles. The van der Waals surface area contributed by atoms with Gasteiger partial charge in [-0.05, 0) is 12.1 Å². The molecule has 0 aliphatic heterocycles. The van der Waals surface area contributed by atoms with Crippen LogP contribution in [0.25, 0.3) is 0 Å². The average Bonchev–Trinajstić information content (AvgIpc) is 2.26. The molecule has 0 bridgehead atoms. The van der Waals surface area contributed by atoms with Crippen LogP contribution in [0.4, 0.5) is 13.2 Å². The summed E-state index contributed by atoms with van der Waals surface area (Å²) in [7, 11) is 0. The number of rotatable bonds is 2. The maximum atomic E-state index is 12.5. The van der Waals surface area contributed by atoms with E-state index in [1.165, 1.54) is 13.0 Å². The summed E-state index contributed by atoms with van der Waals surface area (Å²) in [6.07, 6.45) is -4.22. The molecule has 1 N–H and O–H groups in total. The van der Waals surface area contributed by atoms with E-state index in [0.29, 0.717) is 13.0 Å². The average molecular weight is 291 g/mol. The number of aromatic nitrogens is 1. The Morgan fingerprint density at radius 3 is 2.74 bits per heavy atom. The van der Waals surface area contributed by atoms with Crippen molar-refractivity contribution >= 4 is 17.5 Å². The molecule has 1 aromatic heterocycles. The van der Waals surface area contributed by atoms with Crippen molar-refractivity contribution in [3.05, 3.63) is 28.5 Å². The third-order valence-electron chi connectivity index (χ3n) is 1.94. The van der Waals surface area contributed by atoms with E-state index in [2.05, 4.69) is 22.1 Å². The van der Waals surface area contributed by atoms with Gasteiger partial charge in [-0.15, -0.1) is 0 Å². The number of nitrogens with one attached hydrogen (secondary N) is 1. The molecule has 3 nitrogen and oxygen atoms in total. The predicted octanol–water partition coefficient (Wildman–Crippen LogP) is 2.63. The summed E-state index contributed by atoms with van der Waals surface area (Å²) in [5.74, 6) is 5.00. The van der Waals surface area contributed by atoms with Crippen molar-refractivity contribution in [1.29, 1.82) is 0 Å². The highest BCUT2D eigenvalue weighted by atomic mass is 35.5. The van der Waals surface area contributed by atoms with Crippen LogP contribution in [-0.2, 0) is 11.0 Å². The van der Waals surface area contributed by atoms with E-state index in [4.69, 9.17) is 11.6 Å². The first kappa shape index (κ1) is 15.3. The summed E-state index contributed by atoms with van der Waals surface area (Å²) in [4.78, 5) is 13.8. The Morgan fingerprint density at radius 2 is 2.16 bits per heavy atom. The van der Waals surface area contributed by atoms with Crippen LogP contribution < -0.4 is 5.32 Å². The van der Waals surface area contributed by atoms with E-state index in [-0.39, 0.29) is 16.6 Å². The molecule has 0 spiro atoms. The normalized spacial score (nSPS) is 10.6. The molecule has 0 fully saturated rings. The molecule has 0 saturated heterocycles. The van der Waals surface area contributed by atoms with E-state index in [0.717, 1.165) is 6.07 Å². The molecule has 1 heterocycles. The van der Waals surface area contributed by atoms with Crippen LogP contribution >= 0.6 is 11.6 Å². The quantitative estimate of drug-likeness (QED) is 0.517. The third kappa shape index (κ3) is 5.62. The Labute approximate surface area is 113 Å². The molecular weight excluding hydrogens is 281 g/mol. The van der Waals surface area contributed by atoms with Crippen molar-refractivity contribution in [3.63, 3.8) is 0 Å². The Hall–Kier alpha value is -1.74. The number of nitrogens with zero attached hydrogens (tertiary/aromatic N) is 1. The molecule has 0 unspecified atom stereocenters. The summed E-state index contributed by atoms with van der Waals surface area (Å²) in [6, 6.07) is 2.08. The van der Waals surface area contributed by atoms with E-state index < -0.39 is 11.9 Å². The lowest BCUT2D eigenvalue weighted by Crippen LogP contribution is -2.20. The second-order valence-electron chi connectivity index (χ2n) is 3.60. The number of hydrogen-bond acceptors (Lipinski definition) is 2. The van der Waals surface area contributed by atoms with Crippen molar-refractivity contribution < 1.29 is 18.0 Å². The molecule has 1 aromatic rings. The van der Waals surface area contributed by atoms with Crippen LogP contribution in [0.3, 0.4) is 0 Å². The first-order valence-electron chi connectivity index (χ1n) is 5.27. The number of hydrogen-bond donors (Lipinski definition) is 1. The summed E-state index contributed by atoms with van der Waals surface area (Å²) in [5, 5.41) is 2.26. The molecule has 1 amide bonds. The van der Waals surface area contributed by atoms with Crippen LogP contribution in [0.2, 0.25) is 5.15 Å². The molecule has 102 valence electrons. The number of pyridine rings is 1. The van der Waals surface area contributed by atoms with Gasteiger partial charge in [-0.25, -0.2) is 4.98 Å². The maximum Gasteiger partial charge on any atom is 0.433 e. The van der Waals surface area contributed by atoms with Gasteiger partial charge in [0.25, 0.3) is 0 Å². The Balaban J connectivity index is 2.77. The standard InChI is InChI=1S/C12H10ClF3N2O/c1-8(19)17-5-3-2-4-9-6-10(12(14,15)16)18-11(13)7-9/h6-7H,3,5H2,1H3,(H,17,19).